The van der Waals surface area contributed by atoms with Crippen molar-refractivity contribution in [1.82, 2.24) is 25.4 Å². The van der Waals surface area contributed by atoms with Crippen molar-refractivity contribution in [2.24, 2.45) is 0 Å². The second-order valence-corrected chi connectivity index (χ2v) is 11.0. The van der Waals surface area contributed by atoms with Crippen molar-refractivity contribution in [3.63, 3.8) is 0 Å². The Labute approximate surface area is 226 Å². The van der Waals surface area contributed by atoms with Crippen molar-refractivity contribution in [3.05, 3.63) is 41.1 Å². The van der Waals surface area contributed by atoms with Gasteiger partial charge in [0, 0.05) is 56.2 Å². The van der Waals surface area contributed by atoms with Crippen LogP contribution in [0.1, 0.15) is 66.0 Å². The van der Waals surface area contributed by atoms with Crippen molar-refractivity contribution >= 4 is 18.5 Å². The van der Waals surface area contributed by atoms with Gasteiger partial charge in [-0.2, -0.15) is 0 Å². The van der Waals surface area contributed by atoms with E-state index in [0.717, 1.165) is 60.8 Å². The molecule has 204 valence electrons. The fourth-order valence-corrected chi connectivity index (χ4v) is 5.38. The van der Waals surface area contributed by atoms with Crippen LogP contribution in [-0.4, -0.2) is 79.2 Å². The Hall–Kier alpha value is -2.07. The fraction of sp³-hybridized carbons (Fsp3) is 0.643. The average molecular weight is 530 g/mol. The summed E-state index contributed by atoms with van der Waals surface area (Å²) in [5, 5.41) is 6.78. The molecule has 0 unspecified atom stereocenters. The van der Waals surface area contributed by atoms with Gasteiger partial charge >= 0.3 is 0 Å². The van der Waals surface area contributed by atoms with E-state index in [1.807, 2.05) is 37.9 Å². The van der Waals surface area contributed by atoms with E-state index in [4.69, 9.17) is 9.15 Å². The minimum Gasteiger partial charge on any atom is -0.497 e. The number of hydrogen-bond acceptors (Lipinski definition) is 8. The number of thiol groups is 1. The molecule has 9 heteroatoms. The third-order valence-electron chi connectivity index (χ3n) is 7.79. The lowest BCUT2D eigenvalue weighted by Crippen LogP contribution is -2.51. The van der Waals surface area contributed by atoms with Crippen LogP contribution in [0.2, 0.25) is 0 Å². The molecule has 1 amide bonds. The average Bonchev–Trinajstić information content (AvgIpc) is 3.65. The zero-order valence-corrected chi connectivity index (χ0v) is 23.7. The summed E-state index contributed by atoms with van der Waals surface area (Å²) in [6.07, 6.45) is 8.47. The molecule has 37 heavy (non-hydrogen) atoms. The molecular formula is C28H43N5O3S. The van der Waals surface area contributed by atoms with Crippen LogP contribution in [0.15, 0.2) is 27.7 Å². The highest BCUT2D eigenvalue weighted by molar-refractivity contribution is 7.80. The number of ether oxygens (including phenoxy) is 1. The molecule has 0 radical (unpaired) electrons. The predicted octanol–water partition coefficient (Wildman–Crippen LogP) is 3.82. The molecule has 3 fully saturated rings. The first-order valence-corrected chi connectivity index (χ1v) is 14.0. The maximum Gasteiger partial charge on any atom is 0.275 e. The zero-order chi connectivity index (χ0) is 26.4. The number of nitrogens with one attached hydrogen (secondary N) is 2. The highest BCUT2D eigenvalue weighted by Crippen LogP contribution is 2.27. The summed E-state index contributed by atoms with van der Waals surface area (Å²) in [7, 11) is 3.58. The van der Waals surface area contributed by atoms with Gasteiger partial charge in [-0.05, 0) is 75.6 Å². The molecule has 1 aromatic carbocycles. The van der Waals surface area contributed by atoms with Gasteiger partial charge in [0.1, 0.15) is 12.0 Å². The van der Waals surface area contributed by atoms with Crippen molar-refractivity contribution in [3.8, 4) is 5.75 Å². The van der Waals surface area contributed by atoms with Crippen LogP contribution in [0.25, 0.3) is 0 Å². The van der Waals surface area contributed by atoms with E-state index in [-0.39, 0.29) is 5.91 Å². The Kier molecular flexibility index (Phi) is 9.92. The molecular weight excluding hydrogens is 486 g/mol. The van der Waals surface area contributed by atoms with Gasteiger partial charge < -0.3 is 24.7 Å². The summed E-state index contributed by atoms with van der Waals surface area (Å²) in [6, 6.07) is 5.56. The van der Waals surface area contributed by atoms with E-state index in [2.05, 4.69) is 33.1 Å². The van der Waals surface area contributed by atoms with E-state index in [1.54, 1.807) is 7.11 Å². The molecule has 2 heterocycles. The van der Waals surface area contributed by atoms with E-state index >= 15 is 0 Å². The zero-order valence-electron chi connectivity index (χ0n) is 22.8. The highest BCUT2D eigenvalue weighted by atomic mass is 32.1. The molecule has 2 saturated carbocycles. The number of piperazine rings is 1. The number of aryl methyl sites for hydroxylation is 2. The van der Waals surface area contributed by atoms with Gasteiger partial charge in [0.2, 0.25) is 5.89 Å². The van der Waals surface area contributed by atoms with Crippen LogP contribution in [0.4, 0.5) is 0 Å². The second-order valence-electron chi connectivity index (χ2n) is 10.6. The highest BCUT2D eigenvalue weighted by Gasteiger charge is 2.31. The summed E-state index contributed by atoms with van der Waals surface area (Å²) >= 11 is 4.34. The maximum absolute atomic E-state index is 12.8. The summed E-state index contributed by atoms with van der Waals surface area (Å²) in [4.78, 5) is 22.7. The second kappa shape index (κ2) is 13.1. The first-order chi connectivity index (χ1) is 17.9. The van der Waals surface area contributed by atoms with E-state index in [1.165, 1.54) is 31.9 Å². The van der Waals surface area contributed by atoms with Crippen molar-refractivity contribution < 1.29 is 13.9 Å². The first kappa shape index (κ1) is 28.0. The molecule has 0 bridgehead atoms. The number of methoxy groups -OCH3 is 1. The Balaban J connectivity index is 0.000000245. The molecule has 1 saturated heterocycles. The number of carbonyl (C=O) groups excluding carboxylic acids is 1. The minimum absolute atomic E-state index is 0.0166. The van der Waals surface area contributed by atoms with Gasteiger partial charge in [-0.15, -0.1) is 12.6 Å². The number of hydrogen-bond donors (Lipinski definition) is 3. The predicted molar refractivity (Wildman–Crippen MR) is 149 cm³/mol. The Morgan fingerprint density at radius 3 is 2.41 bits per heavy atom. The van der Waals surface area contributed by atoms with Crippen molar-refractivity contribution in [1.29, 1.82) is 0 Å². The van der Waals surface area contributed by atoms with Gasteiger partial charge in [-0.3, -0.25) is 9.69 Å². The molecule has 2 aliphatic carbocycles. The molecule has 5 rings (SSSR count). The lowest BCUT2D eigenvalue weighted by molar-refractivity contribution is 0.0611. The van der Waals surface area contributed by atoms with Crippen LogP contribution in [-0.2, 0) is 6.54 Å². The number of benzene rings is 1. The van der Waals surface area contributed by atoms with Crippen LogP contribution in [0, 0.1) is 13.8 Å². The number of amides is 1. The quantitative estimate of drug-likeness (QED) is 0.471. The smallest absolute Gasteiger partial charge is 0.275 e. The molecule has 8 nitrogen and oxygen atoms in total. The normalized spacial score (nSPS) is 22.2. The van der Waals surface area contributed by atoms with Gasteiger partial charge in [0.05, 0.1) is 13.7 Å². The molecule has 0 atom stereocenters. The van der Waals surface area contributed by atoms with E-state index in [0.29, 0.717) is 36.3 Å². The van der Waals surface area contributed by atoms with E-state index in [9.17, 15) is 4.79 Å². The Morgan fingerprint density at radius 2 is 1.81 bits per heavy atom. The molecule has 2 aromatic rings. The van der Waals surface area contributed by atoms with Crippen LogP contribution >= 0.6 is 12.6 Å². The number of nitrogens with zero attached hydrogens (tertiary/aromatic N) is 3. The van der Waals surface area contributed by atoms with E-state index < -0.39 is 0 Å². The summed E-state index contributed by atoms with van der Waals surface area (Å²) in [6.45, 7) is 9.17. The molecule has 1 aromatic heterocycles. The molecule has 1 aliphatic heterocycles. The van der Waals surface area contributed by atoms with Crippen LogP contribution < -0.4 is 15.4 Å². The largest absolute Gasteiger partial charge is 0.497 e. The molecule has 0 spiro atoms. The standard InChI is InChI=1S/C19H31N5O2.C9H12OS/c1-23(15-4-6-16(7-5-15)24-10-8-20-9-11-24)19(25)17-13-26-18(22-17)12-21-14-2-3-14;1-6-4-8(10-3)5-7(2)9(6)11/h13-16,20-21H,2-12H2,1H3;4-5,11H,1-3H3. The topological polar surface area (TPSA) is 82.9 Å². The Bertz CT molecular complexity index is 1000. The minimum atomic E-state index is -0.0166. The van der Waals surface area contributed by atoms with Gasteiger partial charge in [-0.25, -0.2) is 4.98 Å². The van der Waals surface area contributed by atoms with Crippen molar-refractivity contribution in [2.75, 3.05) is 40.3 Å². The van der Waals surface area contributed by atoms with Gasteiger partial charge in [0.15, 0.2) is 5.69 Å². The summed E-state index contributed by atoms with van der Waals surface area (Å²) in [5.74, 6) is 1.49. The first-order valence-electron chi connectivity index (χ1n) is 13.6. The number of oxazole rings is 1. The van der Waals surface area contributed by atoms with Crippen LogP contribution in [0.3, 0.4) is 0 Å². The van der Waals surface area contributed by atoms with Gasteiger partial charge in [0.25, 0.3) is 5.91 Å². The summed E-state index contributed by atoms with van der Waals surface area (Å²) in [5.41, 5.74) is 2.75. The third kappa shape index (κ3) is 7.72. The maximum atomic E-state index is 12.8. The number of carbonyl (C=O) groups is 1. The third-order valence-corrected chi connectivity index (χ3v) is 8.50. The number of rotatable bonds is 7. The number of aromatic nitrogens is 1. The van der Waals surface area contributed by atoms with Crippen molar-refractivity contribution in [2.45, 2.75) is 81.9 Å². The molecule has 2 N–H and O–H groups in total. The van der Waals surface area contributed by atoms with Gasteiger partial charge in [-0.1, -0.05) is 0 Å². The van der Waals surface area contributed by atoms with Crippen LogP contribution in [0.5, 0.6) is 5.75 Å². The Morgan fingerprint density at radius 1 is 1.16 bits per heavy atom. The monoisotopic (exact) mass is 529 g/mol. The SMILES string of the molecule is CN(C(=O)c1coc(CNC2CC2)n1)C1CCC(N2CCNCC2)CC1.COc1cc(C)c(S)c(C)c1. The summed E-state index contributed by atoms with van der Waals surface area (Å²) < 4.78 is 10.6. The molecule has 3 aliphatic rings. The fourth-order valence-electron chi connectivity index (χ4n) is 5.25. The lowest BCUT2D eigenvalue weighted by atomic mass is 9.89. The lowest BCUT2D eigenvalue weighted by Gasteiger charge is -2.41.